The van der Waals surface area contributed by atoms with Crippen LogP contribution in [0.25, 0.3) is 16.6 Å². The topological polar surface area (TPSA) is 34.9 Å². The van der Waals surface area contributed by atoms with E-state index in [9.17, 15) is 4.79 Å². The van der Waals surface area contributed by atoms with Crippen molar-refractivity contribution in [1.82, 2.24) is 9.55 Å². The molecule has 0 aliphatic carbocycles. The summed E-state index contributed by atoms with van der Waals surface area (Å²) in [5, 5.41) is 0.658. The normalized spacial score (nSPS) is 11.8. The van der Waals surface area contributed by atoms with Crippen molar-refractivity contribution in [2.45, 2.75) is 52.4 Å². The highest BCUT2D eigenvalue weighted by molar-refractivity contribution is 5.78. The van der Waals surface area contributed by atoms with Crippen LogP contribution in [0.1, 0.15) is 51.9 Å². The number of para-hydroxylation sites is 1. The molecule has 3 aromatic rings. The number of fused-ring (bicyclic) bond motifs is 1. The van der Waals surface area contributed by atoms with Crippen molar-refractivity contribution >= 4 is 10.9 Å². The van der Waals surface area contributed by atoms with Crippen LogP contribution in [0.4, 0.5) is 0 Å². The van der Waals surface area contributed by atoms with E-state index in [1.165, 1.54) is 18.4 Å². The van der Waals surface area contributed by atoms with Gasteiger partial charge in [-0.05, 0) is 42.7 Å². The molecule has 1 aromatic heterocycles. The molecule has 0 atom stereocenters. The number of aryl methyl sites for hydroxylation is 1. The summed E-state index contributed by atoms with van der Waals surface area (Å²) in [5.74, 6) is 0.789. The Morgan fingerprint density at radius 1 is 1.00 bits per heavy atom. The lowest BCUT2D eigenvalue weighted by Gasteiger charge is -2.23. The standard InChI is InChI=1S/C22H26N2O/c1-5-6-9-16-12-14-17(15-13-16)24-20(25)18-10-7-8-11-19(18)23-21(24)22(2,3)4/h7-8,10-15H,5-6,9H2,1-4H3. The molecule has 0 aliphatic rings. The number of rotatable bonds is 4. The van der Waals surface area contributed by atoms with Crippen molar-refractivity contribution in [3.05, 3.63) is 70.3 Å². The Labute approximate surface area is 149 Å². The summed E-state index contributed by atoms with van der Waals surface area (Å²) in [6.45, 7) is 8.48. The number of nitrogens with zero attached hydrogens (tertiary/aromatic N) is 2. The molecule has 0 radical (unpaired) electrons. The van der Waals surface area contributed by atoms with Gasteiger partial charge in [0.1, 0.15) is 5.82 Å². The molecule has 3 heteroatoms. The Hall–Kier alpha value is -2.42. The highest BCUT2D eigenvalue weighted by atomic mass is 16.1. The van der Waals surface area contributed by atoms with Crippen LogP contribution in [-0.2, 0) is 11.8 Å². The maximum Gasteiger partial charge on any atom is 0.265 e. The lowest BCUT2D eigenvalue weighted by molar-refractivity contribution is 0.526. The van der Waals surface area contributed by atoms with Gasteiger partial charge >= 0.3 is 0 Å². The molecule has 3 nitrogen and oxygen atoms in total. The lowest BCUT2D eigenvalue weighted by atomic mass is 9.94. The van der Waals surface area contributed by atoms with Gasteiger partial charge in [0.2, 0.25) is 0 Å². The van der Waals surface area contributed by atoms with Gasteiger partial charge < -0.3 is 0 Å². The van der Waals surface area contributed by atoms with Gasteiger partial charge in [-0.25, -0.2) is 4.98 Å². The first-order chi connectivity index (χ1) is 11.9. The van der Waals surface area contributed by atoms with Gasteiger partial charge in [0.05, 0.1) is 16.6 Å². The Morgan fingerprint density at radius 3 is 2.32 bits per heavy atom. The van der Waals surface area contributed by atoms with E-state index in [-0.39, 0.29) is 11.0 Å². The van der Waals surface area contributed by atoms with E-state index in [0.29, 0.717) is 5.39 Å². The Morgan fingerprint density at radius 2 is 1.68 bits per heavy atom. The fourth-order valence-corrected chi connectivity index (χ4v) is 3.07. The van der Waals surface area contributed by atoms with Crippen molar-refractivity contribution in [1.29, 1.82) is 0 Å². The van der Waals surface area contributed by atoms with Gasteiger partial charge in [-0.3, -0.25) is 9.36 Å². The Kier molecular flexibility index (Phi) is 4.76. The molecule has 0 spiro atoms. The minimum atomic E-state index is -0.232. The first kappa shape index (κ1) is 17.4. The molecule has 0 saturated heterocycles. The molecule has 0 unspecified atom stereocenters. The molecule has 0 bridgehead atoms. The molecule has 0 fully saturated rings. The monoisotopic (exact) mass is 334 g/mol. The summed E-state index contributed by atoms with van der Waals surface area (Å²) < 4.78 is 1.77. The average molecular weight is 334 g/mol. The molecule has 25 heavy (non-hydrogen) atoms. The molecular formula is C22H26N2O. The smallest absolute Gasteiger partial charge is 0.265 e. The fraction of sp³-hybridized carbons (Fsp3) is 0.364. The second-order valence-electron chi connectivity index (χ2n) is 7.61. The van der Waals surface area contributed by atoms with Crippen LogP contribution >= 0.6 is 0 Å². The molecule has 2 aromatic carbocycles. The van der Waals surface area contributed by atoms with Crippen molar-refractivity contribution in [2.24, 2.45) is 0 Å². The summed E-state index contributed by atoms with van der Waals surface area (Å²) in [6, 6.07) is 15.9. The number of unbranched alkanes of at least 4 members (excludes halogenated alkanes) is 1. The van der Waals surface area contributed by atoms with Crippen molar-refractivity contribution < 1.29 is 0 Å². The third-order valence-electron chi connectivity index (χ3n) is 4.46. The number of hydrogen-bond acceptors (Lipinski definition) is 2. The zero-order valence-electron chi connectivity index (χ0n) is 15.5. The highest BCUT2D eigenvalue weighted by Crippen LogP contribution is 2.24. The average Bonchev–Trinajstić information content (AvgIpc) is 2.60. The molecule has 130 valence electrons. The molecule has 0 N–H and O–H groups in total. The largest absolute Gasteiger partial charge is 0.268 e. The second-order valence-corrected chi connectivity index (χ2v) is 7.61. The lowest BCUT2D eigenvalue weighted by Crippen LogP contribution is -2.30. The molecule has 0 aliphatic heterocycles. The van der Waals surface area contributed by atoms with Gasteiger partial charge in [-0.2, -0.15) is 0 Å². The van der Waals surface area contributed by atoms with Crippen LogP contribution in [0.5, 0.6) is 0 Å². The summed E-state index contributed by atoms with van der Waals surface area (Å²) in [5.41, 5.74) is 2.72. The number of hydrogen-bond donors (Lipinski definition) is 0. The van der Waals surface area contributed by atoms with Gasteiger partial charge in [0.25, 0.3) is 5.56 Å². The van der Waals surface area contributed by atoms with Crippen LogP contribution < -0.4 is 5.56 Å². The van der Waals surface area contributed by atoms with E-state index in [2.05, 4.69) is 39.8 Å². The zero-order valence-corrected chi connectivity index (χ0v) is 15.5. The van der Waals surface area contributed by atoms with E-state index >= 15 is 0 Å². The zero-order chi connectivity index (χ0) is 18.0. The van der Waals surface area contributed by atoms with E-state index in [1.807, 2.05) is 36.4 Å². The third-order valence-corrected chi connectivity index (χ3v) is 4.46. The van der Waals surface area contributed by atoms with Gasteiger partial charge in [0.15, 0.2) is 0 Å². The molecular weight excluding hydrogens is 308 g/mol. The van der Waals surface area contributed by atoms with Gasteiger partial charge in [-0.1, -0.05) is 58.4 Å². The molecule has 0 amide bonds. The summed E-state index contributed by atoms with van der Waals surface area (Å²) in [7, 11) is 0. The Bertz CT molecular complexity index is 931. The third kappa shape index (κ3) is 3.51. The molecule has 0 saturated carbocycles. The van der Waals surface area contributed by atoms with E-state index in [4.69, 9.17) is 4.98 Å². The van der Waals surface area contributed by atoms with Gasteiger partial charge in [-0.15, -0.1) is 0 Å². The quantitative estimate of drug-likeness (QED) is 0.671. The first-order valence-corrected chi connectivity index (χ1v) is 9.03. The maximum absolute atomic E-state index is 13.2. The van der Waals surface area contributed by atoms with Gasteiger partial charge in [0, 0.05) is 5.41 Å². The van der Waals surface area contributed by atoms with Crippen LogP contribution in [-0.4, -0.2) is 9.55 Å². The van der Waals surface area contributed by atoms with Crippen LogP contribution in [0.2, 0.25) is 0 Å². The summed E-state index contributed by atoms with van der Waals surface area (Å²) >= 11 is 0. The molecule has 1 heterocycles. The van der Waals surface area contributed by atoms with E-state index < -0.39 is 0 Å². The van der Waals surface area contributed by atoms with Crippen LogP contribution in [0.15, 0.2) is 53.3 Å². The Balaban J connectivity index is 2.20. The summed E-state index contributed by atoms with van der Waals surface area (Å²) in [6.07, 6.45) is 3.45. The minimum absolute atomic E-state index is 0.00293. The fourth-order valence-electron chi connectivity index (χ4n) is 3.07. The SMILES string of the molecule is CCCCc1ccc(-n2c(C(C)(C)C)nc3ccccc3c2=O)cc1. The molecule has 3 rings (SSSR count). The van der Waals surface area contributed by atoms with Crippen LogP contribution in [0.3, 0.4) is 0 Å². The van der Waals surface area contributed by atoms with Crippen molar-refractivity contribution in [3.63, 3.8) is 0 Å². The predicted octanol–water partition coefficient (Wildman–Crippen LogP) is 5.03. The number of aromatic nitrogens is 2. The second kappa shape index (κ2) is 6.83. The maximum atomic E-state index is 13.2. The highest BCUT2D eigenvalue weighted by Gasteiger charge is 2.23. The van der Waals surface area contributed by atoms with Crippen molar-refractivity contribution in [3.8, 4) is 5.69 Å². The minimum Gasteiger partial charge on any atom is -0.268 e. The van der Waals surface area contributed by atoms with E-state index in [0.717, 1.165) is 23.4 Å². The van der Waals surface area contributed by atoms with Crippen molar-refractivity contribution in [2.75, 3.05) is 0 Å². The van der Waals surface area contributed by atoms with Crippen LogP contribution in [0, 0.1) is 0 Å². The summed E-state index contributed by atoms with van der Waals surface area (Å²) in [4.78, 5) is 18.0. The number of benzene rings is 2. The van der Waals surface area contributed by atoms with E-state index in [1.54, 1.807) is 4.57 Å². The first-order valence-electron chi connectivity index (χ1n) is 9.03. The predicted molar refractivity (Wildman–Crippen MR) is 105 cm³/mol.